The van der Waals surface area contributed by atoms with Crippen molar-refractivity contribution in [2.45, 2.75) is 6.92 Å². The van der Waals surface area contributed by atoms with Crippen LogP contribution in [0.1, 0.15) is 6.92 Å². The van der Waals surface area contributed by atoms with E-state index in [0.29, 0.717) is 21.8 Å². The first kappa shape index (κ1) is 13.1. The van der Waals surface area contributed by atoms with E-state index in [1.165, 1.54) is 6.07 Å². The summed E-state index contributed by atoms with van der Waals surface area (Å²) in [7, 11) is 0. The summed E-state index contributed by atoms with van der Waals surface area (Å²) < 4.78 is 14.1. The van der Waals surface area contributed by atoms with Crippen molar-refractivity contribution in [1.29, 1.82) is 0 Å². The van der Waals surface area contributed by atoms with Gasteiger partial charge in [-0.25, -0.2) is 4.39 Å². The van der Waals surface area contributed by atoms with Crippen molar-refractivity contribution in [3.63, 3.8) is 0 Å². The molecule has 0 aliphatic carbocycles. The molecule has 1 rings (SSSR count). The fourth-order valence-corrected chi connectivity index (χ4v) is 1.50. The van der Waals surface area contributed by atoms with Gasteiger partial charge in [0.25, 0.3) is 0 Å². The second kappa shape index (κ2) is 5.96. The summed E-state index contributed by atoms with van der Waals surface area (Å²) in [5, 5.41) is 6.07. The normalized spacial score (nSPS) is 9.69. The third-order valence-corrected chi connectivity index (χ3v) is 2.47. The third-order valence-electron chi connectivity index (χ3n) is 1.73. The molecule has 0 heterocycles. The minimum absolute atomic E-state index is 0.349. The van der Waals surface area contributed by atoms with Crippen LogP contribution in [0.15, 0.2) is 34.8 Å². The lowest BCUT2D eigenvalue weighted by molar-refractivity contribution is 0.631. The predicted molar refractivity (Wildman–Crippen MR) is 73.1 cm³/mol. The SMILES string of the molecule is C=C(C)CNC(=S)Nc1ccc(Br)cc1F. The van der Waals surface area contributed by atoms with Crippen LogP contribution in [0.3, 0.4) is 0 Å². The van der Waals surface area contributed by atoms with Crippen LogP contribution in [0.4, 0.5) is 10.1 Å². The van der Waals surface area contributed by atoms with Gasteiger partial charge in [0.15, 0.2) is 5.11 Å². The van der Waals surface area contributed by atoms with Crippen LogP contribution < -0.4 is 10.6 Å². The first-order valence-electron chi connectivity index (χ1n) is 4.63. The highest BCUT2D eigenvalue weighted by molar-refractivity contribution is 9.10. The Labute approximate surface area is 108 Å². The molecule has 0 aliphatic heterocycles. The Morgan fingerprint density at radius 3 is 2.81 bits per heavy atom. The highest BCUT2D eigenvalue weighted by atomic mass is 79.9. The molecule has 2 N–H and O–H groups in total. The predicted octanol–water partition coefficient (Wildman–Crippen LogP) is 3.45. The zero-order valence-corrected chi connectivity index (χ0v) is 11.2. The van der Waals surface area contributed by atoms with E-state index in [-0.39, 0.29) is 5.82 Å². The molecule has 0 bridgehead atoms. The van der Waals surface area contributed by atoms with Crippen LogP contribution in [0.5, 0.6) is 0 Å². The van der Waals surface area contributed by atoms with Crippen molar-refractivity contribution in [3.05, 3.63) is 40.6 Å². The molecular formula is C11H12BrFN2S. The fourth-order valence-electron chi connectivity index (χ4n) is 0.989. The van der Waals surface area contributed by atoms with Gasteiger partial charge in [0.2, 0.25) is 0 Å². The summed E-state index contributed by atoms with van der Waals surface area (Å²) in [6.07, 6.45) is 0. The highest BCUT2D eigenvalue weighted by Crippen LogP contribution is 2.19. The monoisotopic (exact) mass is 302 g/mol. The lowest BCUT2D eigenvalue weighted by Crippen LogP contribution is -2.29. The first-order valence-corrected chi connectivity index (χ1v) is 5.83. The van der Waals surface area contributed by atoms with E-state index >= 15 is 0 Å². The molecule has 5 heteroatoms. The van der Waals surface area contributed by atoms with E-state index in [9.17, 15) is 4.39 Å². The van der Waals surface area contributed by atoms with E-state index in [4.69, 9.17) is 12.2 Å². The molecule has 1 aromatic carbocycles. The summed E-state index contributed by atoms with van der Waals surface area (Å²) >= 11 is 8.19. The van der Waals surface area contributed by atoms with Gasteiger partial charge in [-0.15, -0.1) is 0 Å². The molecule has 0 fully saturated rings. The van der Waals surface area contributed by atoms with Crippen LogP contribution in [0.25, 0.3) is 0 Å². The lowest BCUT2D eigenvalue weighted by atomic mass is 10.3. The minimum atomic E-state index is -0.353. The smallest absolute Gasteiger partial charge is 0.171 e. The maximum Gasteiger partial charge on any atom is 0.171 e. The molecule has 16 heavy (non-hydrogen) atoms. The zero-order valence-electron chi connectivity index (χ0n) is 8.81. The topological polar surface area (TPSA) is 24.1 Å². The molecule has 0 saturated heterocycles. The van der Waals surface area contributed by atoms with E-state index in [0.717, 1.165) is 5.57 Å². The van der Waals surface area contributed by atoms with Crippen molar-refractivity contribution in [3.8, 4) is 0 Å². The Morgan fingerprint density at radius 1 is 1.56 bits per heavy atom. The van der Waals surface area contributed by atoms with Gasteiger partial charge in [0, 0.05) is 11.0 Å². The van der Waals surface area contributed by atoms with Crippen molar-refractivity contribution in [1.82, 2.24) is 5.32 Å². The summed E-state index contributed by atoms with van der Waals surface area (Å²) in [5.74, 6) is -0.353. The van der Waals surface area contributed by atoms with Gasteiger partial charge in [-0.3, -0.25) is 0 Å². The van der Waals surface area contributed by atoms with Crippen molar-refractivity contribution < 1.29 is 4.39 Å². The number of nitrogens with one attached hydrogen (secondary N) is 2. The molecule has 0 atom stereocenters. The fraction of sp³-hybridized carbons (Fsp3) is 0.182. The molecule has 2 nitrogen and oxygen atoms in total. The van der Waals surface area contributed by atoms with Gasteiger partial charge in [-0.2, -0.15) is 0 Å². The Balaban J connectivity index is 2.59. The van der Waals surface area contributed by atoms with E-state index < -0.39 is 0 Å². The largest absolute Gasteiger partial charge is 0.359 e. The van der Waals surface area contributed by atoms with Gasteiger partial charge < -0.3 is 10.6 Å². The number of hydrogen-bond acceptors (Lipinski definition) is 1. The summed E-state index contributed by atoms with van der Waals surface area (Å²) in [5.41, 5.74) is 1.31. The van der Waals surface area contributed by atoms with E-state index in [1.807, 2.05) is 6.92 Å². The van der Waals surface area contributed by atoms with Crippen LogP contribution in [-0.4, -0.2) is 11.7 Å². The molecule has 0 saturated carbocycles. The van der Waals surface area contributed by atoms with Gasteiger partial charge in [-0.1, -0.05) is 28.1 Å². The van der Waals surface area contributed by atoms with Crippen LogP contribution in [0, 0.1) is 5.82 Å². The van der Waals surface area contributed by atoms with Gasteiger partial charge >= 0.3 is 0 Å². The maximum absolute atomic E-state index is 13.4. The number of rotatable bonds is 3. The number of anilines is 1. The van der Waals surface area contributed by atoms with Crippen LogP contribution in [-0.2, 0) is 0 Å². The molecule has 0 aromatic heterocycles. The second-order valence-corrected chi connectivity index (χ2v) is 4.71. The third kappa shape index (κ3) is 4.28. The molecule has 0 unspecified atom stereocenters. The summed E-state index contributed by atoms with van der Waals surface area (Å²) in [4.78, 5) is 0. The number of halogens is 2. The Morgan fingerprint density at radius 2 is 2.25 bits per heavy atom. The maximum atomic E-state index is 13.4. The summed E-state index contributed by atoms with van der Waals surface area (Å²) in [6, 6.07) is 4.74. The van der Waals surface area contributed by atoms with Gasteiger partial charge in [-0.05, 0) is 37.3 Å². The van der Waals surface area contributed by atoms with E-state index in [1.54, 1.807) is 12.1 Å². The minimum Gasteiger partial charge on any atom is -0.359 e. The molecule has 0 spiro atoms. The molecule has 0 radical (unpaired) electrons. The van der Waals surface area contributed by atoms with Crippen molar-refractivity contribution >= 4 is 38.9 Å². The Bertz CT molecular complexity index is 420. The molecule has 1 aromatic rings. The average molecular weight is 303 g/mol. The molecular weight excluding hydrogens is 291 g/mol. The number of thiocarbonyl (C=S) groups is 1. The van der Waals surface area contributed by atoms with E-state index in [2.05, 4.69) is 33.1 Å². The second-order valence-electron chi connectivity index (χ2n) is 3.39. The van der Waals surface area contributed by atoms with Gasteiger partial charge in [0.1, 0.15) is 5.82 Å². The molecule has 0 aliphatic rings. The number of hydrogen-bond donors (Lipinski definition) is 2. The standard InChI is InChI=1S/C11H12BrFN2S/c1-7(2)6-14-11(16)15-10-4-3-8(12)5-9(10)13/h3-5H,1,6H2,2H3,(H2,14,15,16). The van der Waals surface area contributed by atoms with Gasteiger partial charge in [0.05, 0.1) is 5.69 Å². The zero-order chi connectivity index (χ0) is 12.1. The molecule has 0 amide bonds. The quantitative estimate of drug-likeness (QED) is 0.660. The first-order chi connectivity index (χ1) is 7.49. The Hall–Kier alpha value is -0.940. The number of benzene rings is 1. The molecule has 86 valence electrons. The lowest BCUT2D eigenvalue weighted by Gasteiger charge is -2.11. The van der Waals surface area contributed by atoms with Crippen LogP contribution in [0.2, 0.25) is 0 Å². The van der Waals surface area contributed by atoms with Crippen molar-refractivity contribution in [2.75, 3.05) is 11.9 Å². The summed E-state index contributed by atoms with van der Waals surface area (Å²) in [6.45, 7) is 6.19. The Kier molecular flexibility index (Phi) is 4.89. The average Bonchev–Trinajstić information content (AvgIpc) is 2.19. The highest BCUT2D eigenvalue weighted by Gasteiger charge is 2.04. The van der Waals surface area contributed by atoms with Crippen LogP contribution >= 0.6 is 28.1 Å². The van der Waals surface area contributed by atoms with Crippen molar-refractivity contribution in [2.24, 2.45) is 0 Å².